The van der Waals surface area contributed by atoms with Crippen LogP contribution in [-0.4, -0.2) is 23.9 Å². The number of carbonyl (C=O) groups is 2. The molecule has 0 fully saturated rings. The van der Waals surface area contributed by atoms with Gasteiger partial charge >= 0.3 is 0 Å². The lowest BCUT2D eigenvalue weighted by Gasteiger charge is -2.25. The van der Waals surface area contributed by atoms with Crippen LogP contribution >= 0.6 is 0 Å². The molecule has 1 aromatic rings. The number of nitrogens with two attached hydrogens (primary N) is 2. The maximum Gasteiger partial charge on any atom is 0.252 e. The first-order valence-electron chi connectivity index (χ1n) is 6.24. The van der Waals surface area contributed by atoms with E-state index in [9.17, 15) is 9.59 Å². The molecule has 0 saturated carbocycles. The Hall–Kier alpha value is -2.32. The van der Waals surface area contributed by atoms with Crippen LogP contribution in [-0.2, 0) is 4.79 Å². The van der Waals surface area contributed by atoms with E-state index in [2.05, 4.69) is 17.2 Å². The van der Waals surface area contributed by atoms with Gasteiger partial charge in [0, 0.05) is 17.5 Å². The van der Waals surface area contributed by atoms with Crippen molar-refractivity contribution in [1.29, 1.82) is 0 Å². The van der Waals surface area contributed by atoms with Crippen LogP contribution in [0.15, 0.2) is 24.3 Å². The Morgan fingerprint density at radius 3 is 2.55 bits per heavy atom. The maximum atomic E-state index is 12.3. The van der Waals surface area contributed by atoms with Crippen LogP contribution in [0.5, 0.6) is 0 Å². The zero-order valence-electron chi connectivity index (χ0n) is 11.7. The van der Waals surface area contributed by atoms with Crippen molar-refractivity contribution in [2.24, 2.45) is 11.5 Å². The number of rotatable bonds is 4. The molecule has 1 aromatic carbocycles. The molecule has 0 saturated heterocycles. The highest BCUT2D eigenvalue weighted by Crippen LogP contribution is 2.12. The predicted molar refractivity (Wildman–Crippen MR) is 77.7 cm³/mol. The number of hydrogen-bond donors (Lipinski definition) is 3. The van der Waals surface area contributed by atoms with Gasteiger partial charge in [0.2, 0.25) is 5.91 Å². The minimum Gasteiger partial charge on any atom is -0.370 e. The van der Waals surface area contributed by atoms with Gasteiger partial charge in [0.15, 0.2) is 0 Å². The van der Waals surface area contributed by atoms with Gasteiger partial charge in [0.25, 0.3) is 5.91 Å². The van der Waals surface area contributed by atoms with Crippen molar-refractivity contribution in [2.75, 3.05) is 6.54 Å². The molecule has 5 N–H and O–H groups in total. The van der Waals surface area contributed by atoms with E-state index in [4.69, 9.17) is 11.5 Å². The second kappa shape index (κ2) is 6.73. The van der Waals surface area contributed by atoms with Gasteiger partial charge in [0.1, 0.15) is 0 Å². The fraction of sp³-hybridized carbons (Fsp3) is 0.333. The quantitative estimate of drug-likeness (QED) is 0.692. The number of carbonyl (C=O) groups excluding carboxylic acids is 2. The summed E-state index contributed by atoms with van der Waals surface area (Å²) in [4.78, 5) is 23.2. The Morgan fingerprint density at radius 2 is 1.95 bits per heavy atom. The van der Waals surface area contributed by atoms with Crippen LogP contribution in [0.4, 0.5) is 0 Å². The van der Waals surface area contributed by atoms with Crippen molar-refractivity contribution in [3.63, 3.8) is 0 Å². The van der Waals surface area contributed by atoms with Gasteiger partial charge in [-0.15, -0.1) is 0 Å². The lowest BCUT2D eigenvalue weighted by Crippen LogP contribution is -2.46. The first-order chi connectivity index (χ1) is 9.35. The van der Waals surface area contributed by atoms with Crippen molar-refractivity contribution in [3.05, 3.63) is 35.4 Å². The largest absolute Gasteiger partial charge is 0.370 e. The molecule has 2 amide bonds. The molecule has 0 aliphatic heterocycles. The van der Waals surface area contributed by atoms with Gasteiger partial charge in [0.05, 0.1) is 12.1 Å². The minimum atomic E-state index is -0.711. The third-order valence-electron chi connectivity index (χ3n) is 2.56. The van der Waals surface area contributed by atoms with E-state index in [-0.39, 0.29) is 18.9 Å². The summed E-state index contributed by atoms with van der Waals surface area (Å²) in [7, 11) is 0. The summed E-state index contributed by atoms with van der Waals surface area (Å²) < 4.78 is 0. The van der Waals surface area contributed by atoms with Gasteiger partial charge in [-0.1, -0.05) is 24.0 Å². The molecule has 106 valence electrons. The molecular formula is C15H19N3O2. The summed E-state index contributed by atoms with van der Waals surface area (Å²) >= 11 is 0. The highest BCUT2D eigenvalue weighted by Gasteiger charge is 2.24. The average Bonchev–Trinajstić information content (AvgIpc) is 2.34. The Bertz CT molecular complexity index is 568. The number of hydrogen-bond acceptors (Lipinski definition) is 3. The standard InChI is InChI=1S/C15H19N3O2/c1-15(2,10-13(17)19)18-14(20)12-8-4-3-6-11(12)7-5-9-16/h3-4,6,8H,9-10,16H2,1-2H3,(H2,17,19)(H,18,20). The van der Waals surface area contributed by atoms with Crippen molar-refractivity contribution in [1.82, 2.24) is 5.32 Å². The fourth-order valence-electron chi connectivity index (χ4n) is 1.79. The molecule has 5 heteroatoms. The van der Waals surface area contributed by atoms with Gasteiger partial charge in [-0.25, -0.2) is 0 Å². The second-order valence-electron chi connectivity index (χ2n) is 5.03. The lowest BCUT2D eigenvalue weighted by molar-refractivity contribution is -0.119. The predicted octanol–water partition coefficient (Wildman–Crippen LogP) is 0.381. The van der Waals surface area contributed by atoms with E-state index in [1.54, 1.807) is 38.1 Å². The summed E-state index contributed by atoms with van der Waals surface area (Å²) in [6.45, 7) is 3.71. The lowest BCUT2D eigenvalue weighted by atomic mass is 9.98. The molecule has 1 rings (SSSR count). The Morgan fingerprint density at radius 1 is 1.30 bits per heavy atom. The summed E-state index contributed by atoms with van der Waals surface area (Å²) in [6.07, 6.45) is 0.0649. The molecular weight excluding hydrogens is 254 g/mol. The normalized spacial score (nSPS) is 10.3. The number of nitrogens with one attached hydrogen (secondary N) is 1. The number of benzene rings is 1. The van der Waals surface area contributed by atoms with Gasteiger partial charge in [-0.05, 0) is 26.0 Å². The first kappa shape index (κ1) is 15.7. The van der Waals surface area contributed by atoms with Gasteiger partial charge < -0.3 is 16.8 Å². The zero-order chi connectivity index (χ0) is 15.2. The smallest absolute Gasteiger partial charge is 0.252 e. The van der Waals surface area contributed by atoms with Crippen LogP contribution in [0.2, 0.25) is 0 Å². The van der Waals surface area contributed by atoms with Crippen LogP contribution in [0.25, 0.3) is 0 Å². The average molecular weight is 273 g/mol. The van der Waals surface area contributed by atoms with Gasteiger partial charge in [-0.2, -0.15) is 0 Å². The van der Waals surface area contributed by atoms with E-state index in [1.807, 2.05) is 0 Å². The second-order valence-corrected chi connectivity index (χ2v) is 5.03. The van der Waals surface area contributed by atoms with Gasteiger partial charge in [-0.3, -0.25) is 9.59 Å². The van der Waals surface area contributed by atoms with Crippen LogP contribution < -0.4 is 16.8 Å². The van der Waals surface area contributed by atoms with E-state index in [0.29, 0.717) is 11.1 Å². The monoisotopic (exact) mass is 273 g/mol. The molecule has 0 radical (unpaired) electrons. The summed E-state index contributed by atoms with van der Waals surface area (Å²) in [5.74, 6) is 4.81. The van der Waals surface area contributed by atoms with Crippen LogP contribution in [0.3, 0.4) is 0 Å². The molecule has 0 bridgehead atoms. The molecule has 0 atom stereocenters. The summed E-state index contributed by atoms with van der Waals surface area (Å²) in [5, 5.41) is 2.78. The van der Waals surface area contributed by atoms with E-state index in [0.717, 1.165) is 0 Å². The molecule has 0 aliphatic carbocycles. The van der Waals surface area contributed by atoms with Crippen molar-refractivity contribution in [2.45, 2.75) is 25.8 Å². The SMILES string of the molecule is CC(C)(CC(N)=O)NC(=O)c1ccccc1C#CCN. The zero-order valence-corrected chi connectivity index (χ0v) is 11.7. The highest BCUT2D eigenvalue weighted by atomic mass is 16.2. The molecule has 20 heavy (non-hydrogen) atoms. The number of amides is 2. The Labute approximate surface area is 118 Å². The maximum absolute atomic E-state index is 12.3. The first-order valence-corrected chi connectivity index (χ1v) is 6.24. The van der Waals surface area contributed by atoms with E-state index in [1.165, 1.54) is 0 Å². The minimum absolute atomic E-state index is 0.0649. The molecule has 0 unspecified atom stereocenters. The Balaban J connectivity index is 2.95. The van der Waals surface area contributed by atoms with E-state index >= 15 is 0 Å². The van der Waals surface area contributed by atoms with Crippen molar-refractivity contribution < 1.29 is 9.59 Å². The molecule has 0 aliphatic rings. The summed E-state index contributed by atoms with van der Waals surface area (Å²) in [5.41, 5.74) is 10.8. The van der Waals surface area contributed by atoms with E-state index < -0.39 is 11.4 Å². The highest BCUT2D eigenvalue weighted by molar-refractivity contribution is 5.97. The van der Waals surface area contributed by atoms with Crippen molar-refractivity contribution in [3.8, 4) is 11.8 Å². The molecule has 0 aromatic heterocycles. The molecule has 0 heterocycles. The Kier molecular flexibility index (Phi) is 5.30. The van der Waals surface area contributed by atoms with Crippen LogP contribution in [0.1, 0.15) is 36.2 Å². The fourth-order valence-corrected chi connectivity index (χ4v) is 1.79. The summed E-state index contributed by atoms with van der Waals surface area (Å²) in [6, 6.07) is 6.98. The van der Waals surface area contributed by atoms with Crippen molar-refractivity contribution >= 4 is 11.8 Å². The van der Waals surface area contributed by atoms with Crippen LogP contribution in [0, 0.1) is 11.8 Å². The number of primary amides is 1. The molecule has 5 nitrogen and oxygen atoms in total. The third-order valence-corrected chi connectivity index (χ3v) is 2.56. The third kappa shape index (κ3) is 4.75. The molecule has 0 spiro atoms. The topological polar surface area (TPSA) is 98.2 Å².